The van der Waals surface area contributed by atoms with E-state index in [-0.39, 0.29) is 0 Å². The van der Waals surface area contributed by atoms with E-state index >= 15 is 0 Å². The Hall–Kier alpha value is -0.630. The number of anilines is 1. The molecule has 1 nitrogen and oxygen atoms in total. The molecule has 0 fully saturated rings. The fraction of sp³-hybridized carbons (Fsp3) is 0.538. The predicted molar refractivity (Wildman–Crippen MR) is 70.5 cm³/mol. The van der Waals surface area contributed by atoms with Gasteiger partial charge in [0.15, 0.2) is 0 Å². The monoisotopic (exact) mass is 223 g/mol. The summed E-state index contributed by atoms with van der Waals surface area (Å²) in [6, 6.07) is 6.25. The smallest absolute Gasteiger partial charge is 0.0452 e. The minimum atomic E-state index is 0.918. The molecule has 15 heavy (non-hydrogen) atoms. The van der Waals surface area contributed by atoms with Crippen LogP contribution in [0.2, 0.25) is 0 Å². The fourth-order valence-corrected chi connectivity index (χ4v) is 2.55. The van der Waals surface area contributed by atoms with E-state index in [2.05, 4.69) is 26.0 Å². The van der Waals surface area contributed by atoms with Crippen molar-refractivity contribution in [2.45, 2.75) is 44.4 Å². The van der Waals surface area contributed by atoms with E-state index < -0.39 is 0 Å². The van der Waals surface area contributed by atoms with Gasteiger partial charge in [-0.1, -0.05) is 32.3 Å². The maximum Gasteiger partial charge on any atom is 0.0452 e. The number of benzene rings is 1. The van der Waals surface area contributed by atoms with Crippen LogP contribution >= 0.6 is 11.8 Å². The highest BCUT2D eigenvalue weighted by atomic mass is 32.2. The van der Waals surface area contributed by atoms with Crippen LogP contribution in [-0.2, 0) is 0 Å². The van der Waals surface area contributed by atoms with Gasteiger partial charge in [0.25, 0.3) is 0 Å². The van der Waals surface area contributed by atoms with E-state index in [0.717, 1.165) is 5.69 Å². The second-order valence-electron chi connectivity index (χ2n) is 3.95. The third kappa shape index (κ3) is 4.61. The van der Waals surface area contributed by atoms with Crippen LogP contribution in [0.25, 0.3) is 0 Å². The summed E-state index contributed by atoms with van der Waals surface area (Å²) >= 11 is 1.89. The molecule has 0 atom stereocenters. The molecule has 1 aromatic carbocycles. The highest BCUT2D eigenvalue weighted by Crippen LogP contribution is 2.26. The molecule has 2 heteroatoms. The first-order valence-electron chi connectivity index (χ1n) is 5.73. The molecule has 0 spiro atoms. The molecule has 0 saturated carbocycles. The Labute approximate surface area is 97.4 Å². The van der Waals surface area contributed by atoms with E-state index in [0.29, 0.717) is 0 Å². The Morgan fingerprint density at radius 1 is 1.20 bits per heavy atom. The summed E-state index contributed by atoms with van der Waals surface area (Å²) in [5.74, 6) is 1.19. The zero-order valence-corrected chi connectivity index (χ0v) is 10.6. The average Bonchev–Trinajstić information content (AvgIpc) is 2.23. The maximum atomic E-state index is 5.91. The van der Waals surface area contributed by atoms with Crippen molar-refractivity contribution in [2.24, 2.45) is 0 Å². The number of aryl methyl sites for hydroxylation is 1. The van der Waals surface area contributed by atoms with Crippen molar-refractivity contribution in [3.8, 4) is 0 Å². The summed E-state index contributed by atoms with van der Waals surface area (Å²) in [6.45, 7) is 4.35. The Morgan fingerprint density at radius 2 is 2.00 bits per heavy atom. The molecule has 0 amide bonds. The third-order valence-electron chi connectivity index (χ3n) is 2.42. The summed E-state index contributed by atoms with van der Waals surface area (Å²) in [5, 5.41) is 0. The first kappa shape index (κ1) is 12.4. The lowest BCUT2D eigenvalue weighted by atomic mass is 10.2. The Kier molecular flexibility index (Phi) is 5.62. The second-order valence-corrected chi connectivity index (χ2v) is 5.09. The van der Waals surface area contributed by atoms with Gasteiger partial charge in [-0.25, -0.2) is 0 Å². The minimum Gasteiger partial charge on any atom is -0.398 e. The Bertz CT molecular complexity index is 297. The van der Waals surface area contributed by atoms with Crippen molar-refractivity contribution in [3.63, 3.8) is 0 Å². The average molecular weight is 223 g/mol. The molecule has 0 aliphatic rings. The lowest BCUT2D eigenvalue weighted by Crippen LogP contribution is -1.90. The Morgan fingerprint density at radius 3 is 2.73 bits per heavy atom. The summed E-state index contributed by atoms with van der Waals surface area (Å²) in [4.78, 5) is 1.24. The van der Waals surface area contributed by atoms with Crippen LogP contribution in [-0.4, -0.2) is 5.75 Å². The SMILES string of the molecule is CCCCCCSc1cc(C)ccc1N. The van der Waals surface area contributed by atoms with Gasteiger partial charge in [-0.15, -0.1) is 11.8 Å². The topological polar surface area (TPSA) is 26.0 Å². The van der Waals surface area contributed by atoms with Crippen LogP contribution in [0.1, 0.15) is 38.2 Å². The number of unbranched alkanes of at least 4 members (excludes halogenated alkanes) is 3. The van der Waals surface area contributed by atoms with Gasteiger partial charge in [0.1, 0.15) is 0 Å². The van der Waals surface area contributed by atoms with Crippen LogP contribution < -0.4 is 5.73 Å². The van der Waals surface area contributed by atoms with Gasteiger partial charge in [-0.2, -0.15) is 0 Å². The van der Waals surface area contributed by atoms with E-state index in [1.165, 1.54) is 41.9 Å². The van der Waals surface area contributed by atoms with E-state index in [1.807, 2.05) is 17.8 Å². The molecule has 0 aliphatic heterocycles. The second kappa shape index (κ2) is 6.78. The van der Waals surface area contributed by atoms with Crippen LogP contribution in [0, 0.1) is 6.92 Å². The van der Waals surface area contributed by atoms with Crippen LogP contribution in [0.3, 0.4) is 0 Å². The normalized spacial score (nSPS) is 10.5. The number of nitrogen functional groups attached to an aromatic ring is 1. The summed E-state index contributed by atoms with van der Waals surface area (Å²) in [5.41, 5.74) is 8.12. The van der Waals surface area contributed by atoms with Gasteiger partial charge < -0.3 is 5.73 Å². The fourth-order valence-electron chi connectivity index (χ4n) is 1.48. The largest absolute Gasteiger partial charge is 0.398 e. The van der Waals surface area contributed by atoms with Crippen molar-refractivity contribution in [1.29, 1.82) is 0 Å². The zero-order chi connectivity index (χ0) is 11.1. The van der Waals surface area contributed by atoms with Crippen molar-refractivity contribution in [1.82, 2.24) is 0 Å². The molecule has 0 aromatic heterocycles. The molecule has 2 N–H and O–H groups in total. The van der Waals surface area contributed by atoms with Crippen LogP contribution in [0.5, 0.6) is 0 Å². The molecule has 0 radical (unpaired) electrons. The van der Waals surface area contributed by atoms with E-state index in [9.17, 15) is 0 Å². The van der Waals surface area contributed by atoms with Gasteiger partial charge in [0, 0.05) is 10.6 Å². The van der Waals surface area contributed by atoms with Crippen molar-refractivity contribution in [2.75, 3.05) is 11.5 Å². The zero-order valence-electron chi connectivity index (χ0n) is 9.75. The highest BCUT2D eigenvalue weighted by molar-refractivity contribution is 7.99. The molecular weight excluding hydrogens is 202 g/mol. The number of nitrogens with two attached hydrogens (primary N) is 1. The molecule has 0 heterocycles. The van der Waals surface area contributed by atoms with Gasteiger partial charge in [0.2, 0.25) is 0 Å². The standard InChI is InChI=1S/C13H21NS/c1-3-4-5-6-9-15-13-10-11(2)7-8-12(13)14/h7-8,10H,3-6,9,14H2,1-2H3. The molecule has 84 valence electrons. The Balaban J connectivity index is 2.33. The summed E-state index contributed by atoms with van der Waals surface area (Å²) in [7, 11) is 0. The molecule has 1 rings (SSSR count). The van der Waals surface area contributed by atoms with Gasteiger partial charge in [-0.05, 0) is 36.8 Å². The molecule has 1 aromatic rings. The van der Waals surface area contributed by atoms with Gasteiger partial charge in [-0.3, -0.25) is 0 Å². The highest BCUT2D eigenvalue weighted by Gasteiger charge is 1.99. The maximum absolute atomic E-state index is 5.91. The molecule has 0 aliphatic carbocycles. The summed E-state index contributed by atoms with van der Waals surface area (Å²) in [6.07, 6.45) is 5.29. The predicted octanol–water partition coefficient (Wildman–Crippen LogP) is 4.25. The quantitative estimate of drug-likeness (QED) is 0.443. The van der Waals surface area contributed by atoms with Crippen LogP contribution in [0.4, 0.5) is 5.69 Å². The third-order valence-corrected chi connectivity index (χ3v) is 3.58. The van der Waals surface area contributed by atoms with E-state index in [1.54, 1.807) is 0 Å². The number of thioether (sulfide) groups is 1. The molecule has 0 bridgehead atoms. The first-order chi connectivity index (χ1) is 7.24. The minimum absolute atomic E-state index is 0.918. The van der Waals surface area contributed by atoms with Crippen molar-refractivity contribution >= 4 is 17.4 Å². The lowest BCUT2D eigenvalue weighted by molar-refractivity contribution is 0.706. The number of rotatable bonds is 6. The molecule has 0 saturated heterocycles. The number of hydrogen-bond acceptors (Lipinski definition) is 2. The first-order valence-corrected chi connectivity index (χ1v) is 6.71. The summed E-state index contributed by atoms with van der Waals surface area (Å²) < 4.78 is 0. The molecule has 0 unspecified atom stereocenters. The van der Waals surface area contributed by atoms with Crippen molar-refractivity contribution in [3.05, 3.63) is 23.8 Å². The van der Waals surface area contributed by atoms with E-state index in [4.69, 9.17) is 5.73 Å². The molecular formula is C13H21NS. The van der Waals surface area contributed by atoms with Crippen LogP contribution in [0.15, 0.2) is 23.1 Å². The van der Waals surface area contributed by atoms with Gasteiger partial charge in [0.05, 0.1) is 0 Å². The lowest BCUT2D eigenvalue weighted by Gasteiger charge is -2.06. The van der Waals surface area contributed by atoms with Crippen molar-refractivity contribution < 1.29 is 0 Å². The van der Waals surface area contributed by atoms with Gasteiger partial charge >= 0.3 is 0 Å². The number of hydrogen-bond donors (Lipinski definition) is 1.